The Morgan fingerprint density at radius 2 is 1.93 bits per heavy atom. The van der Waals surface area contributed by atoms with E-state index in [0.717, 1.165) is 0 Å². The number of halogens is 4. The summed E-state index contributed by atoms with van der Waals surface area (Å²) >= 11 is 18.0. The Morgan fingerprint density at radius 1 is 1.10 bits per heavy atom. The van der Waals surface area contributed by atoms with Crippen molar-refractivity contribution in [2.75, 3.05) is 5.32 Å². The van der Waals surface area contributed by atoms with Crippen molar-refractivity contribution in [3.63, 3.8) is 0 Å². The van der Waals surface area contributed by atoms with E-state index in [1.165, 1.54) is 29.2 Å². The summed E-state index contributed by atoms with van der Waals surface area (Å²) in [5, 5.41) is 11.5. The van der Waals surface area contributed by atoms with Gasteiger partial charge in [-0.3, -0.25) is 10.1 Å². The molecule has 0 atom stereocenters. The summed E-state index contributed by atoms with van der Waals surface area (Å²) in [5.74, 6) is -0.617. The number of anilines is 1. The van der Waals surface area contributed by atoms with E-state index < -0.39 is 11.7 Å². The molecule has 0 radical (unpaired) electrons. The van der Waals surface area contributed by atoms with Crippen molar-refractivity contribution in [3.05, 3.63) is 80.9 Å². The van der Waals surface area contributed by atoms with Crippen LogP contribution in [0.4, 0.5) is 10.3 Å². The molecular formula is C19H11Cl3FN5O2. The van der Waals surface area contributed by atoms with Gasteiger partial charge in [0, 0.05) is 21.7 Å². The van der Waals surface area contributed by atoms with E-state index in [4.69, 9.17) is 39.3 Å². The van der Waals surface area contributed by atoms with E-state index in [1.54, 1.807) is 24.3 Å². The molecule has 0 fully saturated rings. The van der Waals surface area contributed by atoms with Crippen LogP contribution < -0.4 is 5.32 Å². The Labute approximate surface area is 184 Å². The summed E-state index contributed by atoms with van der Waals surface area (Å²) in [6.07, 6.45) is 1.41. The van der Waals surface area contributed by atoms with Crippen molar-refractivity contribution in [1.82, 2.24) is 19.9 Å². The predicted octanol–water partition coefficient (Wildman–Crippen LogP) is 5.33. The number of rotatable bonds is 5. The van der Waals surface area contributed by atoms with Gasteiger partial charge in [-0.15, -0.1) is 5.10 Å². The molecule has 1 amide bonds. The summed E-state index contributed by atoms with van der Waals surface area (Å²) in [6, 6.07) is 10.4. The van der Waals surface area contributed by atoms with Crippen LogP contribution in [0.2, 0.25) is 15.1 Å². The first-order valence-electron chi connectivity index (χ1n) is 8.46. The molecule has 30 heavy (non-hydrogen) atoms. The lowest BCUT2D eigenvalue weighted by Crippen LogP contribution is -2.13. The van der Waals surface area contributed by atoms with E-state index in [-0.39, 0.29) is 23.2 Å². The fourth-order valence-corrected chi connectivity index (χ4v) is 3.35. The summed E-state index contributed by atoms with van der Waals surface area (Å²) < 4.78 is 19.8. The molecule has 4 rings (SSSR count). The zero-order valence-corrected chi connectivity index (χ0v) is 17.2. The lowest BCUT2D eigenvalue weighted by molar-refractivity contribution is 0.101. The molecule has 0 aliphatic heterocycles. The fourth-order valence-electron chi connectivity index (χ4n) is 2.62. The first-order chi connectivity index (χ1) is 14.4. The fraction of sp³-hybridized carbons (Fsp3) is 0.0526. The second kappa shape index (κ2) is 8.43. The van der Waals surface area contributed by atoms with Crippen molar-refractivity contribution in [1.29, 1.82) is 0 Å². The van der Waals surface area contributed by atoms with Gasteiger partial charge in [-0.05, 0) is 35.9 Å². The highest BCUT2D eigenvalue weighted by molar-refractivity contribution is 6.36. The zero-order valence-electron chi connectivity index (χ0n) is 14.9. The van der Waals surface area contributed by atoms with Crippen molar-refractivity contribution in [2.45, 2.75) is 6.54 Å². The van der Waals surface area contributed by atoms with Crippen molar-refractivity contribution >= 4 is 46.7 Å². The maximum Gasteiger partial charge on any atom is 0.280 e. The largest absolute Gasteiger partial charge is 0.355 e. The minimum atomic E-state index is -0.562. The second-order valence-electron chi connectivity index (χ2n) is 6.16. The van der Waals surface area contributed by atoms with Gasteiger partial charge in [0.2, 0.25) is 5.95 Å². The highest BCUT2D eigenvalue weighted by Gasteiger charge is 2.17. The maximum atomic E-state index is 13.2. The average Bonchev–Trinajstić information content (AvgIpc) is 3.34. The molecule has 0 saturated carbocycles. The molecule has 0 bridgehead atoms. The van der Waals surface area contributed by atoms with E-state index in [0.29, 0.717) is 26.9 Å². The van der Waals surface area contributed by atoms with Crippen LogP contribution in [0, 0.1) is 5.82 Å². The predicted molar refractivity (Wildman–Crippen MR) is 110 cm³/mol. The monoisotopic (exact) mass is 465 g/mol. The maximum absolute atomic E-state index is 13.2. The van der Waals surface area contributed by atoms with Crippen LogP contribution in [0.1, 0.15) is 16.1 Å². The Morgan fingerprint density at radius 3 is 2.70 bits per heavy atom. The van der Waals surface area contributed by atoms with Gasteiger partial charge >= 0.3 is 0 Å². The number of nitrogens with one attached hydrogen (secondary N) is 1. The summed E-state index contributed by atoms with van der Waals surface area (Å²) in [4.78, 5) is 16.4. The lowest BCUT2D eigenvalue weighted by Gasteiger charge is -2.03. The van der Waals surface area contributed by atoms with Gasteiger partial charge in [0.1, 0.15) is 12.1 Å². The highest BCUT2D eigenvalue weighted by atomic mass is 35.5. The summed E-state index contributed by atoms with van der Waals surface area (Å²) in [5.41, 5.74) is 1.22. The number of hydrogen-bond acceptors (Lipinski definition) is 5. The van der Waals surface area contributed by atoms with E-state index >= 15 is 0 Å². The Kier molecular flexibility index (Phi) is 5.72. The van der Waals surface area contributed by atoms with Crippen molar-refractivity contribution in [2.24, 2.45) is 0 Å². The molecule has 0 saturated heterocycles. The molecule has 4 aromatic rings. The first kappa shape index (κ1) is 20.3. The third kappa shape index (κ3) is 4.46. The van der Waals surface area contributed by atoms with Crippen LogP contribution in [0.3, 0.4) is 0 Å². The first-order valence-corrected chi connectivity index (χ1v) is 9.59. The third-order valence-electron chi connectivity index (χ3n) is 4.05. The summed E-state index contributed by atoms with van der Waals surface area (Å²) in [7, 11) is 0. The molecule has 2 aromatic carbocycles. The van der Waals surface area contributed by atoms with Gasteiger partial charge in [0.25, 0.3) is 5.91 Å². The lowest BCUT2D eigenvalue weighted by atomic mass is 10.1. The van der Waals surface area contributed by atoms with E-state index in [2.05, 4.69) is 20.6 Å². The molecule has 0 aliphatic rings. The standard InChI is InChI=1S/C19H11Cl3FN5O2/c20-11-2-4-13(15(22)5-11)17-7-16(27-30-17)18(29)25-19-24-9-28(26-19)8-10-1-3-12(23)6-14(10)21/h1-7,9H,8H2,(H,25,26,29). The molecule has 152 valence electrons. The normalized spacial score (nSPS) is 10.9. The van der Waals surface area contributed by atoms with Crippen LogP contribution in [0.5, 0.6) is 0 Å². The molecule has 0 spiro atoms. The Bertz CT molecular complexity index is 1240. The van der Waals surface area contributed by atoms with Gasteiger partial charge in [-0.2, -0.15) is 0 Å². The number of nitrogens with zero attached hydrogens (tertiary/aromatic N) is 4. The van der Waals surface area contributed by atoms with Crippen LogP contribution in [-0.2, 0) is 6.54 Å². The van der Waals surface area contributed by atoms with Gasteiger partial charge in [0.05, 0.1) is 11.6 Å². The number of aromatic nitrogens is 4. The van der Waals surface area contributed by atoms with Gasteiger partial charge in [-0.25, -0.2) is 14.1 Å². The van der Waals surface area contributed by atoms with Crippen molar-refractivity contribution in [3.8, 4) is 11.3 Å². The Balaban J connectivity index is 1.45. The molecule has 0 unspecified atom stereocenters. The van der Waals surface area contributed by atoms with Gasteiger partial charge in [-0.1, -0.05) is 46.0 Å². The quantitative estimate of drug-likeness (QED) is 0.429. The molecule has 2 heterocycles. The molecule has 2 aromatic heterocycles. The number of benzene rings is 2. The highest BCUT2D eigenvalue weighted by Crippen LogP contribution is 2.30. The molecule has 1 N–H and O–H groups in total. The van der Waals surface area contributed by atoms with Crippen LogP contribution in [-0.4, -0.2) is 25.8 Å². The third-order valence-corrected chi connectivity index (χ3v) is 4.95. The molecular weight excluding hydrogens is 456 g/mol. The van der Waals surface area contributed by atoms with E-state index in [1.807, 2.05) is 0 Å². The van der Waals surface area contributed by atoms with Crippen LogP contribution in [0.25, 0.3) is 11.3 Å². The minimum Gasteiger partial charge on any atom is -0.355 e. The average molecular weight is 467 g/mol. The van der Waals surface area contributed by atoms with Crippen LogP contribution in [0.15, 0.2) is 53.3 Å². The second-order valence-corrected chi connectivity index (χ2v) is 7.41. The minimum absolute atomic E-state index is 0.0222. The summed E-state index contributed by atoms with van der Waals surface area (Å²) in [6.45, 7) is 0.255. The van der Waals surface area contributed by atoms with Gasteiger partial charge < -0.3 is 4.52 Å². The SMILES string of the molecule is O=C(Nc1ncn(Cc2ccc(F)cc2Cl)n1)c1cc(-c2ccc(Cl)cc2Cl)on1. The topological polar surface area (TPSA) is 85.8 Å². The smallest absolute Gasteiger partial charge is 0.280 e. The molecule has 0 aliphatic carbocycles. The number of carbonyl (C=O) groups excluding carboxylic acids is 1. The van der Waals surface area contributed by atoms with Gasteiger partial charge in [0.15, 0.2) is 11.5 Å². The zero-order chi connectivity index (χ0) is 21.3. The Hall–Kier alpha value is -2.94. The van der Waals surface area contributed by atoms with E-state index in [9.17, 15) is 9.18 Å². The van der Waals surface area contributed by atoms with Crippen LogP contribution >= 0.6 is 34.8 Å². The molecule has 7 nitrogen and oxygen atoms in total. The van der Waals surface area contributed by atoms with Crippen molar-refractivity contribution < 1.29 is 13.7 Å². The number of hydrogen-bond donors (Lipinski definition) is 1. The molecule has 11 heteroatoms. The number of amides is 1. The number of carbonyl (C=O) groups is 1.